The molecule has 18 heavy (non-hydrogen) atoms. The molecule has 1 aromatic heterocycles. The first-order chi connectivity index (χ1) is 8.76. The van der Waals surface area contributed by atoms with E-state index in [2.05, 4.69) is 29.5 Å². The van der Waals surface area contributed by atoms with E-state index in [1.165, 1.54) is 11.1 Å². The third kappa shape index (κ3) is 2.54. The predicted octanol–water partition coefficient (Wildman–Crippen LogP) is 2.21. The van der Waals surface area contributed by atoms with Crippen LogP contribution in [0.4, 0.5) is 0 Å². The fraction of sp³-hybridized carbons (Fsp3) is 0.357. The van der Waals surface area contributed by atoms with Gasteiger partial charge in [-0.2, -0.15) is 5.10 Å². The Hall–Kier alpha value is -1.81. The van der Waals surface area contributed by atoms with Gasteiger partial charge in [0, 0.05) is 25.4 Å². The molecule has 0 saturated heterocycles. The van der Waals surface area contributed by atoms with Gasteiger partial charge in [0.2, 0.25) is 0 Å². The monoisotopic (exact) mass is 245 g/mol. The first-order valence-corrected chi connectivity index (χ1v) is 6.12. The fourth-order valence-corrected chi connectivity index (χ4v) is 1.99. The molecule has 96 valence electrons. The summed E-state index contributed by atoms with van der Waals surface area (Å²) in [6, 6.07) is 8.17. The highest BCUT2D eigenvalue weighted by atomic mass is 16.5. The molecule has 0 aliphatic heterocycles. The van der Waals surface area contributed by atoms with Gasteiger partial charge >= 0.3 is 0 Å². The fourth-order valence-electron chi connectivity index (χ4n) is 1.99. The Morgan fingerprint density at radius 1 is 1.33 bits per heavy atom. The summed E-state index contributed by atoms with van der Waals surface area (Å²) in [5.41, 5.74) is 3.53. The molecule has 0 unspecified atom stereocenters. The van der Waals surface area contributed by atoms with Crippen molar-refractivity contribution >= 4 is 0 Å². The summed E-state index contributed by atoms with van der Waals surface area (Å²) >= 11 is 0. The molecule has 0 aliphatic carbocycles. The molecule has 0 fully saturated rings. The van der Waals surface area contributed by atoms with Crippen LogP contribution in [0.25, 0.3) is 11.3 Å². The average molecular weight is 245 g/mol. The second kappa shape index (κ2) is 5.69. The lowest BCUT2D eigenvalue weighted by atomic mass is 10.0. The van der Waals surface area contributed by atoms with Gasteiger partial charge in [-0.05, 0) is 36.4 Å². The molecule has 2 aromatic rings. The summed E-state index contributed by atoms with van der Waals surface area (Å²) in [5, 5.41) is 7.57. The van der Waals surface area contributed by atoms with Crippen molar-refractivity contribution in [3.8, 4) is 17.0 Å². The lowest BCUT2D eigenvalue weighted by Crippen LogP contribution is -2.13. The molecule has 2 rings (SSSR count). The topological polar surface area (TPSA) is 39.1 Å². The van der Waals surface area contributed by atoms with Crippen LogP contribution in [0, 0.1) is 0 Å². The van der Waals surface area contributed by atoms with Crippen molar-refractivity contribution in [3.63, 3.8) is 0 Å². The number of ether oxygens (including phenoxy) is 1. The summed E-state index contributed by atoms with van der Waals surface area (Å²) in [4.78, 5) is 0. The predicted molar refractivity (Wildman–Crippen MR) is 72.6 cm³/mol. The zero-order valence-corrected chi connectivity index (χ0v) is 11.1. The Morgan fingerprint density at radius 2 is 2.17 bits per heavy atom. The molecule has 4 nitrogen and oxygen atoms in total. The molecule has 1 aromatic carbocycles. The van der Waals surface area contributed by atoms with Gasteiger partial charge in [-0.1, -0.05) is 6.92 Å². The number of hydrogen-bond acceptors (Lipinski definition) is 3. The number of hydrogen-bond donors (Lipinski definition) is 1. The van der Waals surface area contributed by atoms with Crippen LogP contribution in [-0.2, 0) is 13.6 Å². The third-order valence-corrected chi connectivity index (χ3v) is 2.97. The lowest BCUT2D eigenvalue weighted by molar-refractivity contribution is 0.414. The molecule has 1 heterocycles. The summed E-state index contributed by atoms with van der Waals surface area (Å²) < 4.78 is 7.17. The summed E-state index contributed by atoms with van der Waals surface area (Å²) in [7, 11) is 3.65. The summed E-state index contributed by atoms with van der Waals surface area (Å²) in [6.45, 7) is 3.88. The van der Waals surface area contributed by atoms with Crippen LogP contribution in [-0.4, -0.2) is 23.4 Å². The largest absolute Gasteiger partial charge is 0.497 e. The number of nitrogens with zero attached hydrogens (tertiary/aromatic N) is 2. The van der Waals surface area contributed by atoms with Gasteiger partial charge in [0.15, 0.2) is 0 Å². The van der Waals surface area contributed by atoms with Gasteiger partial charge in [-0.25, -0.2) is 0 Å². The maximum absolute atomic E-state index is 5.29. The van der Waals surface area contributed by atoms with Crippen LogP contribution >= 0.6 is 0 Å². The maximum Gasteiger partial charge on any atom is 0.119 e. The quantitative estimate of drug-likeness (QED) is 0.877. The van der Waals surface area contributed by atoms with E-state index in [-0.39, 0.29) is 0 Å². The summed E-state index contributed by atoms with van der Waals surface area (Å²) in [6.07, 6.45) is 1.82. The second-order valence-corrected chi connectivity index (χ2v) is 4.14. The van der Waals surface area contributed by atoms with Gasteiger partial charge < -0.3 is 10.1 Å². The smallest absolute Gasteiger partial charge is 0.119 e. The van der Waals surface area contributed by atoms with E-state index in [1.807, 2.05) is 30.1 Å². The second-order valence-electron chi connectivity index (χ2n) is 4.14. The van der Waals surface area contributed by atoms with Crippen molar-refractivity contribution in [1.82, 2.24) is 15.1 Å². The molecular weight excluding hydrogens is 226 g/mol. The average Bonchev–Trinajstić information content (AvgIpc) is 2.82. The van der Waals surface area contributed by atoms with Crippen LogP contribution in [0.15, 0.2) is 30.5 Å². The minimum absolute atomic E-state index is 0.828. The first-order valence-electron chi connectivity index (χ1n) is 6.12. The zero-order chi connectivity index (χ0) is 13.0. The Kier molecular flexibility index (Phi) is 3.99. The van der Waals surface area contributed by atoms with Crippen LogP contribution in [0.5, 0.6) is 5.75 Å². The third-order valence-electron chi connectivity index (χ3n) is 2.97. The molecule has 0 aliphatic rings. The molecule has 0 spiro atoms. The van der Waals surface area contributed by atoms with Crippen molar-refractivity contribution in [3.05, 3.63) is 36.0 Å². The van der Waals surface area contributed by atoms with Gasteiger partial charge in [0.05, 0.1) is 12.8 Å². The zero-order valence-electron chi connectivity index (χ0n) is 11.1. The minimum Gasteiger partial charge on any atom is -0.497 e. The molecular formula is C14H19N3O. The Morgan fingerprint density at radius 3 is 2.78 bits per heavy atom. The molecule has 4 heteroatoms. The van der Waals surface area contributed by atoms with Crippen molar-refractivity contribution in [2.45, 2.75) is 13.5 Å². The first kappa shape index (κ1) is 12.6. The van der Waals surface area contributed by atoms with Crippen LogP contribution in [0.3, 0.4) is 0 Å². The standard InChI is InChI=1S/C14H19N3O/c1-4-15-10-11-9-12(18-3)5-6-13(11)14-7-8-16-17(14)2/h5-9,15H,4,10H2,1-3H3. The van der Waals surface area contributed by atoms with E-state index in [0.717, 1.165) is 24.5 Å². The molecule has 0 atom stereocenters. The van der Waals surface area contributed by atoms with Crippen molar-refractivity contribution in [1.29, 1.82) is 0 Å². The molecule has 1 N–H and O–H groups in total. The Bertz CT molecular complexity index is 520. The number of benzene rings is 1. The Balaban J connectivity index is 2.42. The molecule has 0 saturated carbocycles. The van der Waals surface area contributed by atoms with E-state index < -0.39 is 0 Å². The highest BCUT2D eigenvalue weighted by Crippen LogP contribution is 2.26. The number of nitrogens with one attached hydrogen (secondary N) is 1. The highest BCUT2D eigenvalue weighted by Gasteiger charge is 2.09. The minimum atomic E-state index is 0.828. The van der Waals surface area contributed by atoms with E-state index >= 15 is 0 Å². The van der Waals surface area contributed by atoms with E-state index in [0.29, 0.717) is 0 Å². The van der Waals surface area contributed by atoms with Gasteiger partial charge in [-0.3, -0.25) is 4.68 Å². The van der Waals surface area contributed by atoms with Crippen LogP contribution in [0.2, 0.25) is 0 Å². The highest BCUT2D eigenvalue weighted by molar-refractivity contribution is 5.65. The van der Waals surface area contributed by atoms with E-state index in [9.17, 15) is 0 Å². The number of aromatic nitrogens is 2. The van der Waals surface area contributed by atoms with E-state index in [1.54, 1.807) is 7.11 Å². The number of rotatable bonds is 5. The molecule has 0 amide bonds. The van der Waals surface area contributed by atoms with Crippen molar-refractivity contribution in [2.75, 3.05) is 13.7 Å². The maximum atomic E-state index is 5.29. The Labute approximate surface area is 108 Å². The van der Waals surface area contributed by atoms with E-state index in [4.69, 9.17) is 4.74 Å². The van der Waals surface area contributed by atoms with Gasteiger partial charge in [-0.15, -0.1) is 0 Å². The number of aryl methyl sites for hydroxylation is 1. The van der Waals surface area contributed by atoms with Crippen LogP contribution < -0.4 is 10.1 Å². The normalized spacial score (nSPS) is 10.6. The van der Waals surface area contributed by atoms with Crippen molar-refractivity contribution < 1.29 is 4.74 Å². The lowest BCUT2D eigenvalue weighted by Gasteiger charge is -2.12. The van der Waals surface area contributed by atoms with Gasteiger partial charge in [0.1, 0.15) is 5.75 Å². The summed E-state index contributed by atoms with van der Waals surface area (Å²) in [5.74, 6) is 0.883. The van der Waals surface area contributed by atoms with Crippen molar-refractivity contribution in [2.24, 2.45) is 7.05 Å². The van der Waals surface area contributed by atoms with Crippen LogP contribution in [0.1, 0.15) is 12.5 Å². The van der Waals surface area contributed by atoms with Gasteiger partial charge in [0.25, 0.3) is 0 Å². The molecule has 0 bridgehead atoms. The molecule has 0 radical (unpaired) electrons. The SMILES string of the molecule is CCNCc1cc(OC)ccc1-c1ccnn1C. The number of methoxy groups -OCH3 is 1.